The van der Waals surface area contributed by atoms with Crippen LogP contribution in [0.3, 0.4) is 0 Å². The first-order valence-corrected chi connectivity index (χ1v) is 5.00. The molecule has 0 aliphatic heterocycles. The summed E-state index contributed by atoms with van der Waals surface area (Å²) >= 11 is 0. The predicted octanol–water partition coefficient (Wildman–Crippen LogP) is 0.626. The summed E-state index contributed by atoms with van der Waals surface area (Å²) in [6.07, 6.45) is 0.271. The Morgan fingerprint density at radius 3 is 2.88 bits per heavy atom. The summed E-state index contributed by atoms with van der Waals surface area (Å²) in [4.78, 5) is 21.1. The van der Waals surface area contributed by atoms with Crippen LogP contribution in [-0.4, -0.2) is 27.2 Å². The summed E-state index contributed by atoms with van der Waals surface area (Å²) in [7, 11) is 0. The lowest BCUT2D eigenvalue weighted by Gasteiger charge is -2.00. The molecule has 7 heteroatoms. The van der Waals surface area contributed by atoms with Crippen LogP contribution in [0, 0.1) is 17.0 Å². The Bertz CT molecular complexity index is 399. The third kappa shape index (κ3) is 3.04. The number of nitrogens with zero attached hydrogens (tertiary/aromatic N) is 3. The lowest BCUT2D eigenvalue weighted by molar-refractivity contribution is -0.389. The summed E-state index contributed by atoms with van der Waals surface area (Å²) in [5, 5.41) is 16.9. The molecule has 0 atom stereocenters. The van der Waals surface area contributed by atoms with E-state index in [1.165, 1.54) is 10.7 Å². The Morgan fingerprint density at radius 2 is 2.38 bits per heavy atom. The molecule has 88 valence electrons. The van der Waals surface area contributed by atoms with Crippen LogP contribution in [0.2, 0.25) is 0 Å². The molecule has 0 saturated heterocycles. The number of hydrogen-bond acceptors (Lipinski definition) is 4. The van der Waals surface area contributed by atoms with Gasteiger partial charge in [0.05, 0.1) is 23.4 Å². The SMILES string of the molecule is CCNC(=O)CCn1nc([N+](=O)[O-])cc1C. The van der Waals surface area contributed by atoms with Crippen molar-refractivity contribution in [2.24, 2.45) is 0 Å². The molecule has 1 N–H and O–H groups in total. The van der Waals surface area contributed by atoms with Gasteiger partial charge in [-0.25, -0.2) is 0 Å². The van der Waals surface area contributed by atoms with Gasteiger partial charge in [-0.15, -0.1) is 0 Å². The van der Waals surface area contributed by atoms with Crippen molar-refractivity contribution in [1.82, 2.24) is 15.1 Å². The molecule has 0 aliphatic rings. The van der Waals surface area contributed by atoms with Gasteiger partial charge in [-0.3, -0.25) is 4.79 Å². The first kappa shape index (κ1) is 12.2. The number of aryl methyl sites for hydroxylation is 2. The molecule has 1 heterocycles. The van der Waals surface area contributed by atoms with Gasteiger partial charge in [0.15, 0.2) is 0 Å². The van der Waals surface area contributed by atoms with E-state index in [-0.39, 0.29) is 18.1 Å². The van der Waals surface area contributed by atoms with E-state index in [0.29, 0.717) is 18.8 Å². The van der Waals surface area contributed by atoms with E-state index in [1.807, 2.05) is 6.92 Å². The molecule has 1 aromatic rings. The fourth-order valence-electron chi connectivity index (χ4n) is 1.30. The molecule has 0 fully saturated rings. The summed E-state index contributed by atoms with van der Waals surface area (Å²) in [6, 6.07) is 1.39. The largest absolute Gasteiger partial charge is 0.390 e. The molecule has 7 nitrogen and oxygen atoms in total. The van der Waals surface area contributed by atoms with Crippen LogP contribution in [0.25, 0.3) is 0 Å². The molecule has 0 saturated carbocycles. The maximum Gasteiger partial charge on any atom is 0.390 e. The van der Waals surface area contributed by atoms with Crippen LogP contribution in [0.5, 0.6) is 0 Å². The van der Waals surface area contributed by atoms with Crippen molar-refractivity contribution in [3.63, 3.8) is 0 Å². The fourth-order valence-corrected chi connectivity index (χ4v) is 1.30. The summed E-state index contributed by atoms with van der Waals surface area (Å²) in [5.41, 5.74) is 0.677. The second-order valence-corrected chi connectivity index (χ2v) is 3.33. The number of carbonyl (C=O) groups excluding carboxylic acids is 1. The van der Waals surface area contributed by atoms with Gasteiger partial charge in [0.2, 0.25) is 5.91 Å². The van der Waals surface area contributed by atoms with Gasteiger partial charge in [0, 0.05) is 13.0 Å². The van der Waals surface area contributed by atoms with Gasteiger partial charge < -0.3 is 15.4 Å². The average Bonchev–Trinajstić information content (AvgIpc) is 2.58. The Kier molecular flexibility index (Phi) is 3.98. The molecular weight excluding hydrogens is 212 g/mol. The highest BCUT2D eigenvalue weighted by atomic mass is 16.6. The standard InChI is InChI=1S/C9H14N4O3/c1-3-10-9(14)4-5-12-7(2)6-8(11-12)13(15)16/h6H,3-5H2,1-2H3,(H,10,14). The molecule has 0 unspecified atom stereocenters. The molecule has 0 radical (unpaired) electrons. The molecule has 1 aromatic heterocycles. The molecular formula is C9H14N4O3. The number of nitro groups is 1. The minimum atomic E-state index is -0.546. The molecule has 1 amide bonds. The van der Waals surface area contributed by atoms with Crippen molar-refractivity contribution in [3.05, 3.63) is 21.9 Å². The predicted molar refractivity (Wildman–Crippen MR) is 56.9 cm³/mol. The Morgan fingerprint density at radius 1 is 1.69 bits per heavy atom. The van der Waals surface area contributed by atoms with Gasteiger partial charge in [0.1, 0.15) is 0 Å². The highest BCUT2D eigenvalue weighted by molar-refractivity contribution is 5.75. The topological polar surface area (TPSA) is 90.1 Å². The van der Waals surface area contributed by atoms with Crippen LogP contribution in [0.15, 0.2) is 6.07 Å². The molecule has 0 bridgehead atoms. The van der Waals surface area contributed by atoms with Gasteiger partial charge in [-0.05, 0) is 18.8 Å². The maximum atomic E-state index is 11.2. The zero-order valence-corrected chi connectivity index (χ0v) is 9.27. The quantitative estimate of drug-likeness (QED) is 0.588. The summed E-state index contributed by atoms with van der Waals surface area (Å²) in [5.74, 6) is -0.270. The molecule has 0 aromatic carbocycles. The van der Waals surface area contributed by atoms with Crippen molar-refractivity contribution in [1.29, 1.82) is 0 Å². The third-order valence-electron chi connectivity index (χ3n) is 2.08. The van der Waals surface area contributed by atoms with Gasteiger partial charge in [-0.2, -0.15) is 4.68 Å². The average molecular weight is 226 g/mol. The fraction of sp³-hybridized carbons (Fsp3) is 0.556. The normalized spacial score (nSPS) is 10.1. The van der Waals surface area contributed by atoms with Crippen molar-refractivity contribution in [2.75, 3.05) is 6.54 Å². The number of carbonyl (C=O) groups is 1. The van der Waals surface area contributed by atoms with Crippen molar-refractivity contribution in [2.45, 2.75) is 26.8 Å². The number of hydrogen-bond donors (Lipinski definition) is 1. The third-order valence-corrected chi connectivity index (χ3v) is 2.08. The zero-order chi connectivity index (χ0) is 12.1. The molecule has 16 heavy (non-hydrogen) atoms. The first-order chi connectivity index (χ1) is 7.54. The van der Waals surface area contributed by atoms with Gasteiger partial charge in [-0.1, -0.05) is 0 Å². The van der Waals surface area contributed by atoms with E-state index >= 15 is 0 Å². The minimum Gasteiger partial charge on any atom is -0.358 e. The van der Waals surface area contributed by atoms with Crippen molar-refractivity contribution < 1.29 is 9.72 Å². The Labute approximate surface area is 92.6 Å². The van der Waals surface area contributed by atoms with E-state index in [4.69, 9.17) is 0 Å². The second kappa shape index (κ2) is 5.24. The Hall–Kier alpha value is -1.92. The number of rotatable bonds is 5. The molecule has 0 aliphatic carbocycles. The summed E-state index contributed by atoms with van der Waals surface area (Å²) in [6.45, 7) is 4.49. The van der Waals surface area contributed by atoms with Crippen molar-refractivity contribution in [3.8, 4) is 0 Å². The van der Waals surface area contributed by atoms with Crippen LogP contribution in [0.4, 0.5) is 5.82 Å². The number of nitrogens with one attached hydrogen (secondary N) is 1. The van der Waals surface area contributed by atoms with Crippen LogP contribution < -0.4 is 5.32 Å². The lowest BCUT2D eigenvalue weighted by Crippen LogP contribution is -2.24. The van der Waals surface area contributed by atoms with E-state index in [9.17, 15) is 14.9 Å². The van der Waals surface area contributed by atoms with E-state index < -0.39 is 4.92 Å². The molecule has 1 rings (SSSR count). The van der Waals surface area contributed by atoms with E-state index in [2.05, 4.69) is 10.4 Å². The lowest BCUT2D eigenvalue weighted by atomic mass is 10.4. The smallest absolute Gasteiger partial charge is 0.358 e. The van der Waals surface area contributed by atoms with Crippen LogP contribution >= 0.6 is 0 Å². The minimum absolute atomic E-state index is 0.0833. The highest BCUT2D eigenvalue weighted by Crippen LogP contribution is 2.10. The zero-order valence-electron chi connectivity index (χ0n) is 9.27. The van der Waals surface area contributed by atoms with Gasteiger partial charge in [0.25, 0.3) is 0 Å². The van der Waals surface area contributed by atoms with E-state index in [0.717, 1.165) is 0 Å². The van der Waals surface area contributed by atoms with Crippen molar-refractivity contribution >= 4 is 11.7 Å². The van der Waals surface area contributed by atoms with Crippen LogP contribution in [-0.2, 0) is 11.3 Å². The monoisotopic (exact) mass is 226 g/mol. The van der Waals surface area contributed by atoms with Gasteiger partial charge >= 0.3 is 5.82 Å². The maximum absolute atomic E-state index is 11.2. The van der Waals surface area contributed by atoms with E-state index in [1.54, 1.807) is 6.92 Å². The first-order valence-electron chi connectivity index (χ1n) is 5.00. The summed E-state index contributed by atoms with van der Waals surface area (Å²) < 4.78 is 1.47. The highest BCUT2D eigenvalue weighted by Gasteiger charge is 2.15. The number of amides is 1. The second-order valence-electron chi connectivity index (χ2n) is 3.33. The number of aromatic nitrogens is 2. The van der Waals surface area contributed by atoms with Crippen LogP contribution in [0.1, 0.15) is 19.0 Å². The molecule has 0 spiro atoms. The Balaban J connectivity index is 2.60.